The molecule has 0 aliphatic carbocycles. The van der Waals surface area contributed by atoms with E-state index in [1.54, 1.807) is 0 Å². The normalized spacial score (nSPS) is 21.6. The van der Waals surface area contributed by atoms with Crippen molar-refractivity contribution in [2.24, 2.45) is 0 Å². The second kappa shape index (κ2) is 8.76. The van der Waals surface area contributed by atoms with E-state index in [9.17, 15) is 24.2 Å². The van der Waals surface area contributed by atoms with E-state index in [0.717, 1.165) is 31.3 Å². The molecule has 3 aromatic rings. The molecule has 38 heavy (non-hydrogen) atoms. The summed E-state index contributed by atoms with van der Waals surface area (Å²) in [4.78, 5) is 24.2. The van der Waals surface area contributed by atoms with Gasteiger partial charge in [-0.15, -0.1) is 0 Å². The van der Waals surface area contributed by atoms with Crippen LogP contribution in [-0.4, -0.2) is 52.1 Å². The van der Waals surface area contributed by atoms with E-state index in [4.69, 9.17) is 10.5 Å². The van der Waals surface area contributed by atoms with Crippen molar-refractivity contribution in [1.82, 2.24) is 19.9 Å². The number of benzene rings is 1. The Kier molecular flexibility index (Phi) is 6.13. The van der Waals surface area contributed by atoms with Crippen LogP contribution in [0.5, 0.6) is 0 Å². The summed E-state index contributed by atoms with van der Waals surface area (Å²) in [6, 6.07) is 0.950. The predicted molar refractivity (Wildman–Crippen MR) is 131 cm³/mol. The smallest absolute Gasteiger partial charge is 0.310 e. The summed E-state index contributed by atoms with van der Waals surface area (Å²) < 4.78 is 86.0. The maximum absolute atomic E-state index is 15.0. The third-order valence-electron chi connectivity index (χ3n) is 7.26. The van der Waals surface area contributed by atoms with Crippen molar-refractivity contribution in [2.45, 2.75) is 48.8 Å². The summed E-state index contributed by atoms with van der Waals surface area (Å²) in [6.45, 7) is 1.67. The van der Waals surface area contributed by atoms with Crippen LogP contribution in [0.3, 0.4) is 0 Å². The third-order valence-corrected chi connectivity index (χ3v) is 8.40. The topological polar surface area (TPSA) is 97.1 Å². The Bertz CT molecular complexity index is 1380. The molecular formula is C24H27F6N5O2S. The molecule has 2 saturated heterocycles. The number of halogens is 6. The lowest BCUT2D eigenvalue weighted by atomic mass is 9.88. The molecule has 7 nitrogen and oxygen atoms in total. The van der Waals surface area contributed by atoms with Crippen LogP contribution in [-0.2, 0) is 4.74 Å². The molecule has 14 heteroatoms. The van der Waals surface area contributed by atoms with Crippen LogP contribution in [0.25, 0.3) is 11.2 Å². The number of imidazole rings is 1. The summed E-state index contributed by atoms with van der Waals surface area (Å²) in [7, 11) is -9.92. The number of aromatic amines is 1. The second-order valence-corrected chi connectivity index (χ2v) is 12.3. The number of hydrogen-bond acceptors (Lipinski definition) is 5. The minimum atomic E-state index is -9.92. The van der Waals surface area contributed by atoms with Gasteiger partial charge in [0.1, 0.15) is 16.5 Å². The Morgan fingerprint density at radius 1 is 1.05 bits per heavy atom. The minimum Gasteiger partial charge on any atom is -0.398 e. The van der Waals surface area contributed by atoms with Crippen molar-refractivity contribution in [2.75, 3.05) is 32.0 Å². The monoisotopic (exact) mass is 563 g/mol. The molecule has 208 valence electrons. The Morgan fingerprint density at radius 2 is 1.79 bits per heavy atom. The van der Waals surface area contributed by atoms with Crippen LogP contribution in [0, 0.1) is 5.82 Å². The van der Waals surface area contributed by atoms with Gasteiger partial charge in [0.2, 0.25) is 0 Å². The van der Waals surface area contributed by atoms with Crippen molar-refractivity contribution in [3.63, 3.8) is 0 Å². The Hall–Kier alpha value is -3.00. The zero-order chi connectivity index (χ0) is 27.4. The van der Waals surface area contributed by atoms with Crippen LogP contribution >= 0.6 is 10.2 Å². The Balaban J connectivity index is 1.33. The first-order valence-corrected chi connectivity index (χ1v) is 14.2. The van der Waals surface area contributed by atoms with Crippen molar-refractivity contribution in [3.05, 3.63) is 47.2 Å². The van der Waals surface area contributed by atoms with E-state index in [-0.39, 0.29) is 42.6 Å². The lowest BCUT2D eigenvalue weighted by molar-refractivity contribution is 0.0713. The first-order chi connectivity index (χ1) is 17.7. The molecule has 0 unspecified atom stereocenters. The number of aromatic nitrogens is 3. The number of nitrogens with zero attached hydrogens (tertiary/aromatic N) is 3. The highest BCUT2D eigenvalue weighted by molar-refractivity contribution is 8.45. The highest BCUT2D eigenvalue weighted by Gasteiger charge is 2.65. The van der Waals surface area contributed by atoms with Gasteiger partial charge >= 0.3 is 10.2 Å². The summed E-state index contributed by atoms with van der Waals surface area (Å²) in [6.07, 6.45) is 4.47. The molecule has 1 aromatic carbocycles. The van der Waals surface area contributed by atoms with Crippen LogP contribution in [0.4, 0.5) is 29.5 Å². The molecule has 4 heterocycles. The number of amides is 1. The minimum absolute atomic E-state index is 0.0981. The Labute approximate surface area is 214 Å². The van der Waals surface area contributed by atoms with Gasteiger partial charge in [-0.05, 0) is 56.2 Å². The molecule has 0 spiro atoms. The molecule has 0 saturated carbocycles. The standard InChI is InChI=1S/C24H27F6N5O2S/c25-18-13-32-23-21(33-22(34-23)15-2-1-10-37-11-7-15)20(18)14-5-8-35(9-6-14)24(36)17-4-3-16(12-19(17)31)38(26,27,28,29)30/h3-4,12-15H,1-2,5-11,31H2,(H,32,33,34)/t15-/m0/s1. The molecular weight excluding hydrogens is 536 g/mol. The van der Waals surface area contributed by atoms with Crippen molar-refractivity contribution in [3.8, 4) is 0 Å². The fourth-order valence-electron chi connectivity index (χ4n) is 5.26. The number of carbonyl (C=O) groups is 1. The molecule has 1 atom stereocenters. The van der Waals surface area contributed by atoms with Crippen molar-refractivity contribution in [1.29, 1.82) is 0 Å². The van der Waals surface area contributed by atoms with E-state index in [0.29, 0.717) is 48.8 Å². The number of piperidine rings is 1. The fourth-order valence-corrected chi connectivity index (χ4v) is 5.93. The lowest BCUT2D eigenvalue weighted by Gasteiger charge is -2.40. The maximum Gasteiger partial charge on any atom is 0.310 e. The molecule has 0 radical (unpaired) electrons. The molecule has 3 N–H and O–H groups in total. The number of nitrogen functional groups attached to an aromatic ring is 1. The zero-order valence-electron chi connectivity index (χ0n) is 20.2. The Morgan fingerprint density at radius 3 is 2.47 bits per heavy atom. The number of carbonyl (C=O) groups excluding carboxylic acids is 1. The number of nitrogens with one attached hydrogen (secondary N) is 1. The summed E-state index contributed by atoms with van der Waals surface area (Å²) >= 11 is 0. The van der Waals surface area contributed by atoms with Gasteiger partial charge < -0.3 is 20.4 Å². The van der Waals surface area contributed by atoms with Gasteiger partial charge in [-0.3, -0.25) is 4.79 Å². The summed E-state index contributed by atoms with van der Waals surface area (Å²) in [5.74, 6) is -0.531. The van der Waals surface area contributed by atoms with E-state index < -0.39 is 32.5 Å². The SMILES string of the molecule is Nc1cc(S(F)(F)(F)(F)F)ccc1C(=O)N1CCC(c2c(F)cnc3nc([C@H]4CCCOCC4)[nH]c23)CC1. The molecule has 2 aliphatic rings. The number of fused-ring (bicyclic) bond motifs is 1. The van der Waals surface area contributed by atoms with E-state index in [2.05, 4.69) is 15.0 Å². The number of H-pyrrole nitrogens is 1. The number of hydrogen-bond donors (Lipinski definition) is 2. The number of ether oxygens (including phenoxy) is 1. The van der Waals surface area contributed by atoms with Crippen molar-refractivity contribution < 1.29 is 33.4 Å². The zero-order valence-corrected chi connectivity index (χ0v) is 21.1. The maximum atomic E-state index is 15.0. The average molecular weight is 564 g/mol. The second-order valence-electron chi connectivity index (χ2n) is 9.87. The molecule has 5 rings (SSSR count). The molecule has 1 amide bonds. The van der Waals surface area contributed by atoms with E-state index in [1.165, 1.54) is 4.90 Å². The molecule has 2 fully saturated rings. The van der Waals surface area contributed by atoms with Gasteiger partial charge in [-0.25, -0.2) is 14.4 Å². The molecule has 0 bridgehead atoms. The van der Waals surface area contributed by atoms with E-state index in [1.807, 2.05) is 0 Å². The first kappa shape index (κ1) is 26.6. The summed E-state index contributed by atoms with van der Waals surface area (Å²) in [5.41, 5.74) is 5.97. The van der Waals surface area contributed by atoms with Gasteiger partial charge in [0.05, 0.1) is 17.3 Å². The molecule has 2 aromatic heterocycles. The fraction of sp³-hybridized carbons (Fsp3) is 0.458. The lowest BCUT2D eigenvalue weighted by Crippen LogP contribution is -2.38. The van der Waals surface area contributed by atoms with Crippen molar-refractivity contribution >= 4 is 33.0 Å². The number of rotatable bonds is 4. The average Bonchev–Trinajstić information content (AvgIpc) is 3.08. The van der Waals surface area contributed by atoms with Gasteiger partial charge in [0.25, 0.3) is 5.91 Å². The highest BCUT2D eigenvalue weighted by atomic mass is 32.5. The largest absolute Gasteiger partial charge is 0.398 e. The van der Waals surface area contributed by atoms with Crippen LogP contribution in [0.2, 0.25) is 0 Å². The quantitative estimate of drug-likeness (QED) is 0.274. The van der Waals surface area contributed by atoms with E-state index >= 15 is 4.39 Å². The number of anilines is 1. The number of likely N-dealkylation sites (tertiary alicyclic amines) is 1. The number of nitrogens with two attached hydrogens (primary N) is 1. The van der Waals surface area contributed by atoms with Gasteiger partial charge in [-0.1, -0.05) is 19.4 Å². The molecule has 2 aliphatic heterocycles. The van der Waals surface area contributed by atoms with Crippen LogP contribution in [0.1, 0.15) is 65.7 Å². The summed E-state index contributed by atoms with van der Waals surface area (Å²) in [5, 5.41) is 0. The first-order valence-electron chi connectivity index (χ1n) is 12.3. The van der Waals surface area contributed by atoms with Gasteiger partial charge in [-0.2, -0.15) is 0 Å². The van der Waals surface area contributed by atoms with Gasteiger partial charge in [0.15, 0.2) is 5.65 Å². The van der Waals surface area contributed by atoms with Crippen LogP contribution < -0.4 is 5.73 Å². The number of pyridine rings is 1. The van der Waals surface area contributed by atoms with Crippen LogP contribution in [0.15, 0.2) is 29.3 Å². The predicted octanol–water partition coefficient (Wildman–Crippen LogP) is 6.64. The van der Waals surface area contributed by atoms with Gasteiger partial charge in [0, 0.05) is 43.5 Å². The third kappa shape index (κ3) is 5.28. The highest BCUT2D eigenvalue weighted by Crippen LogP contribution is 3.02.